The fourth-order valence-corrected chi connectivity index (χ4v) is 4.58. The number of aliphatic carboxylic acids is 1. The Morgan fingerprint density at radius 2 is 1.14 bits per heavy atom. The zero-order chi connectivity index (χ0) is 21.4. The number of unbranched alkanes of at least 4 members (excludes halogenated alkanes) is 9. The Morgan fingerprint density at radius 1 is 0.759 bits per heavy atom. The van der Waals surface area contributed by atoms with Crippen LogP contribution in [0.1, 0.15) is 103 Å². The Kier molecular flexibility index (Phi) is 8.98. The van der Waals surface area contributed by atoms with Crippen molar-refractivity contribution in [3.63, 3.8) is 0 Å². The van der Waals surface area contributed by atoms with Gasteiger partial charge in [0.2, 0.25) is 5.91 Å². The first-order valence-corrected chi connectivity index (χ1v) is 13.4. The average Bonchev–Trinajstić information content (AvgIpc) is 3.55. The number of carboxylic acid groups (broad SMARTS) is 1. The second-order valence-electron chi connectivity index (χ2n) is 9.48. The predicted octanol–water partition coefficient (Wildman–Crippen LogP) is 4.43. The Balaban J connectivity index is 1.38. The number of carboxylic acids is 1. The van der Waals surface area contributed by atoms with Crippen LogP contribution < -0.4 is 5.32 Å². The van der Waals surface area contributed by atoms with Crippen molar-refractivity contribution in [3.8, 4) is 0 Å². The largest absolute Gasteiger partial charge is 0.481 e. The molecule has 29 heavy (non-hydrogen) atoms. The molecule has 0 atom stereocenters. The van der Waals surface area contributed by atoms with E-state index >= 15 is 0 Å². The van der Waals surface area contributed by atoms with Crippen molar-refractivity contribution in [2.45, 2.75) is 103 Å². The number of hydrogen-bond donors (Lipinski definition) is 2. The van der Waals surface area contributed by atoms with Gasteiger partial charge in [0.05, 0.1) is 5.41 Å². The van der Waals surface area contributed by atoms with E-state index in [0.717, 1.165) is 70.5 Å². The van der Waals surface area contributed by atoms with E-state index in [-0.39, 0.29) is 22.6 Å². The second kappa shape index (κ2) is 10.8. The fourth-order valence-electron chi connectivity index (χ4n) is 4.19. The van der Waals surface area contributed by atoms with Crippen molar-refractivity contribution in [3.05, 3.63) is 0 Å². The molecule has 6 nitrogen and oxygen atoms in total. The van der Waals surface area contributed by atoms with Gasteiger partial charge in [-0.05, 0) is 38.5 Å². The van der Waals surface area contributed by atoms with Crippen LogP contribution in [-0.2, 0) is 19.4 Å². The highest BCUT2D eigenvalue weighted by Gasteiger charge is 2.49. The first-order valence-electron chi connectivity index (χ1n) is 11.4. The Hall–Kier alpha value is -1.11. The zero-order valence-electron chi connectivity index (χ0n) is 18.0. The molecule has 0 unspecified atom stereocenters. The molecule has 168 valence electrons. The van der Waals surface area contributed by atoms with Crippen LogP contribution in [0.3, 0.4) is 0 Å². The van der Waals surface area contributed by atoms with Crippen LogP contribution in [0.2, 0.25) is 0 Å². The summed E-state index contributed by atoms with van der Waals surface area (Å²) in [6, 6.07) is 0. The lowest BCUT2D eigenvalue weighted by atomic mass is 9.96. The van der Waals surface area contributed by atoms with Crippen molar-refractivity contribution in [2.24, 2.45) is 10.8 Å². The monoisotopic (exact) mass is 429 g/mol. The van der Waals surface area contributed by atoms with E-state index in [1.807, 2.05) is 0 Å². The Labute approximate surface area is 176 Å². The molecule has 0 radical (unpaired) electrons. The minimum atomic E-state index is -3.16. The normalized spacial score (nSPS) is 18.9. The lowest BCUT2D eigenvalue weighted by molar-refractivity contribution is -0.143. The quantitative estimate of drug-likeness (QED) is 0.333. The Morgan fingerprint density at radius 3 is 1.48 bits per heavy atom. The Bertz CT molecular complexity index is 650. The summed E-state index contributed by atoms with van der Waals surface area (Å²) in [6.45, 7) is 0. The molecule has 0 spiro atoms. The highest BCUT2D eigenvalue weighted by Crippen LogP contribution is 2.50. The topological polar surface area (TPSA) is 101 Å². The molecule has 2 rings (SSSR count). The number of carbonyl (C=O) groups excluding carboxylic acids is 1. The summed E-state index contributed by atoms with van der Waals surface area (Å²) in [5.74, 6) is -0.938. The molecule has 2 aliphatic rings. The third-order valence-electron chi connectivity index (χ3n) is 6.70. The predicted molar refractivity (Wildman–Crippen MR) is 114 cm³/mol. The summed E-state index contributed by atoms with van der Waals surface area (Å²) in [6.07, 6.45) is 18.1. The number of sulfone groups is 1. The van der Waals surface area contributed by atoms with Gasteiger partial charge in [0.1, 0.15) is 5.88 Å². The molecule has 7 heteroatoms. The molecule has 0 heterocycles. The van der Waals surface area contributed by atoms with Crippen molar-refractivity contribution < 1.29 is 23.1 Å². The smallest absolute Gasteiger partial charge is 0.309 e. The third-order valence-corrected chi connectivity index (χ3v) is 7.37. The maximum Gasteiger partial charge on any atom is 0.309 e. The summed E-state index contributed by atoms with van der Waals surface area (Å²) in [7, 11) is -3.16. The number of rotatable bonds is 17. The molecule has 0 bridgehead atoms. The molecule has 0 aromatic carbocycles. The van der Waals surface area contributed by atoms with Gasteiger partial charge in [0.25, 0.3) is 0 Å². The maximum atomic E-state index is 12.2. The van der Waals surface area contributed by atoms with Crippen molar-refractivity contribution in [1.82, 2.24) is 5.32 Å². The molecule has 2 aliphatic carbocycles. The summed E-state index contributed by atoms with van der Waals surface area (Å²) >= 11 is 0. The highest BCUT2D eigenvalue weighted by atomic mass is 32.2. The van der Waals surface area contributed by atoms with Crippen LogP contribution >= 0.6 is 0 Å². The van der Waals surface area contributed by atoms with E-state index in [2.05, 4.69) is 5.32 Å². The van der Waals surface area contributed by atoms with Crippen LogP contribution in [0.4, 0.5) is 0 Å². The van der Waals surface area contributed by atoms with Crippen LogP contribution in [0, 0.1) is 10.8 Å². The molecule has 0 aromatic rings. The van der Waals surface area contributed by atoms with Gasteiger partial charge in [0, 0.05) is 11.7 Å². The minimum Gasteiger partial charge on any atom is -0.481 e. The van der Waals surface area contributed by atoms with Gasteiger partial charge in [-0.1, -0.05) is 64.2 Å². The third kappa shape index (κ3) is 8.65. The first-order chi connectivity index (χ1) is 13.7. The second-order valence-corrected chi connectivity index (χ2v) is 11.6. The lowest BCUT2D eigenvalue weighted by Gasteiger charge is -2.14. The summed E-state index contributed by atoms with van der Waals surface area (Å²) in [5, 5.41) is 11.7. The molecule has 1 amide bonds. The fraction of sp³-hybridized carbons (Fsp3) is 0.909. The number of hydrogen-bond acceptors (Lipinski definition) is 4. The van der Waals surface area contributed by atoms with E-state index in [1.54, 1.807) is 0 Å². The van der Waals surface area contributed by atoms with E-state index in [9.17, 15) is 18.0 Å². The SMILES string of the molecule is CS(=O)(=O)CNC(=O)C1(CCCCCCCCCCCCC2(C(=O)O)CC2)CC1. The van der Waals surface area contributed by atoms with Crippen LogP contribution in [-0.4, -0.2) is 37.5 Å². The zero-order valence-corrected chi connectivity index (χ0v) is 18.8. The molecule has 2 fully saturated rings. The molecule has 0 aromatic heterocycles. The van der Waals surface area contributed by atoms with Gasteiger partial charge in [-0.3, -0.25) is 9.59 Å². The maximum absolute atomic E-state index is 12.2. The first kappa shape index (κ1) is 24.2. The van der Waals surface area contributed by atoms with Gasteiger partial charge >= 0.3 is 5.97 Å². The number of nitrogens with one attached hydrogen (secondary N) is 1. The van der Waals surface area contributed by atoms with Gasteiger partial charge < -0.3 is 10.4 Å². The summed E-state index contributed by atoms with van der Waals surface area (Å²) in [5.41, 5.74) is -0.641. The van der Waals surface area contributed by atoms with E-state index in [1.165, 1.54) is 38.5 Å². The molecular weight excluding hydrogens is 390 g/mol. The molecule has 0 saturated heterocycles. The van der Waals surface area contributed by atoms with E-state index in [0.29, 0.717) is 0 Å². The molecule has 2 saturated carbocycles. The van der Waals surface area contributed by atoms with Crippen LogP contribution in [0.5, 0.6) is 0 Å². The average molecular weight is 430 g/mol. The van der Waals surface area contributed by atoms with Crippen LogP contribution in [0.25, 0.3) is 0 Å². The van der Waals surface area contributed by atoms with E-state index < -0.39 is 15.8 Å². The molecule has 0 aliphatic heterocycles. The van der Waals surface area contributed by atoms with Gasteiger partial charge in [0.15, 0.2) is 9.84 Å². The lowest BCUT2D eigenvalue weighted by Crippen LogP contribution is -2.35. The highest BCUT2D eigenvalue weighted by molar-refractivity contribution is 7.90. The molecular formula is C22H39NO5S. The van der Waals surface area contributed by atoms with Gasteiger partial charge in [-0.15, -0.1) is 0 Å². The number of carbonyl (C=O) groups is 2. The molecule has 2 N–H and O–H groups in total. The number of amides is 1. The van der Waals surface area contributed by atoms with Gasteiger partial charge in [-0.25, -0.2) is 8.42 Å². The van der Waals surface area contributed by atoms with Crippen molar-refractivity contribution >= 4 is 21.7 Å². The summed E-state index contributed by atoms with van der Waals surface area (Å²) in [4.78, 5) is 23.3. The van der Waals surface area contributed by atoms with Crippen molar-refractivity contribution in [2.75, 3.05) is 12.1 Å². The van der Waals surface area contributed by atoms with Crippen LogP contribution in [0.15, 0.2) is 0 Å². The van der Waals surface area contributed by atoms with Gasteiger partial charge in [-0.2, -0.15) is 0 Å². The minimum absolute atomic E-state index is 0.0844. The summed E-state index contributed by atoms with van der Waals surface area (Å²) < 4.78 is 22.3. The van der Waals surface area contributed by atoms with E-state index in [4.69, 9.17) is 5.11 Å². The standard InChI is InChI=1S/C22H39NO5S/c1-29(27,28)18-23-19(24)21(14-15-21)12-10-8-6-4-2-3-5-7-9-11-13-22(16-17-22)20(25)26/h2-18H2,1H3,(H,23,24)(H,25,26). The van der Waals surface area contributed by atoms with Crippen molar-refractivity contribution in [1.29, 1.82) is 0 Å².